The van der Waals surface area contributed by atoms with E-state index in [2.05, 4.69) is 37.2 Å². The zero-order valence-corrected chi connectivity index (χ0v) is 13.2. The van der Waals surface area contributed by atoms with Crippen LogP contribution in [0.15, 0.2) is 38.6 Å². The molecule has 0 unspecified atom stereocenters. The smallest absolute Gasteiger partial charge is 0.251 e. The van der Waals surface area contributed by atoms with Crippen molar-refractivity contribution >= 4 is 54.8 Å². The molecule has 6 heteroatoms. The van der Waals surface area contributed by atoms with Crippen LogP contribution in [0.1, 0.15) is 15.2 Å². The number of carbonyl (C=O) groups is 1. The van der Waals surface area contributed by atoms with E-state index in [1.165, 1.54) is 0 Å². The summed E-state index contributed by atoms with van der Waals surface area (Å²) in [7, 11) is 0. The lowest BCUT2D eigenvalue weighted by molar-refractivity contribution is 0.0951. The number of benzene rings is 1. The van der Waals surface area contributed by atoms with Gasteiger partial charge in [-0.2, -0.15) is 0 Å². The lowest BCUT2D eigenvalue weighted by Crippen LogP contribution is -2.22. The Kier molecular flexibility index (Phi) is 4.42. The number of carbonyl (C=O) groups excluding carboxylic acids is 1. The first-order valence-electron chi connectivity index (χ1n) is 5.13. The van der Waals surface area contributed by atoms with Crippen molar-refractivity contribution in [3.8, 4) is 0 Å². The van der Waals surface area contributed by atoms with Gasteiger partial charge in [0.1, 0.15) is 0 Å². The number of nitrogens with one attached hydrogen (secondary N) is 1. The number of hydrogen-bond acceptors (Lipinski definition) is 3. The Hall–Kier alpha value is -0.850. The van der Waals surface area contributed by atoms with Crippen molar-refractivity contribution in [2.75, 3.05) is 5.73 Å². The third kappa shape index (κ3) is 3.34. The van der Waals surface area contributed by atoms with Crippen LogP contribution in [0.5, 0.6) is 0 Å². The Morgan fingerprint density at radius 1 is 1.28 bits per heavy atom. The lowest BCUT2D eigenvalue weighted by Gasteiger charge is -2.05. The quantitative estimate of drug-likeness (QED) is 0.784. The molecule has 18 heavy (non-hydrogen) atoms. The molecule has 0 fully saturated rings. The predicted molar refractivity (Wildman–Crippen MR) is 81.7 cm³/mol. The molecule has 1 aromatic heterocycles. The molecule has 2 rings (SSSR count). The van der Waals surface area contributed by atoms with Gasteiger partial charge in [0.05, 0.1) is 10.3 Å². The van der Waals surface area contributed by atoms with Crippen LogP contribution in [-0.4, -0.2) is 5.91 Å². The molecular formula is C12H10Br2N2OS. The van der Waals surface area contributed by atoms with E-state index in [0.717, 1.165) is 13.1 Å². The van der Waals surface area contributed by atoms with Gasteiger partial charge >= 0.3 is 0 Å². The molecule has 0 saturated carbocycles. The SMILES string of the molecule is Nc1ccc(C(=O)NCc2ccc(Br)s2)cc1Br. The number of hydrogen-bond donors (Lipinski definition) is 2. The first kappa shape index (κ1) is 13.6. The molecule has 0 aliphatic carbocycles. The molecule has 2 aromatic rings. The highest BCUT2D eigenvalue weighted by molar-refractivity contribution is 9.11. The van der Waals surface area contributed by atoms with Gasteiger partial charge in [-0.3, -0.25) is 4.79 Å². The number of thiophene rings is 1. The molecule has 0 atom stereocenters. The summed E-state index contributed by atoms with van der Waals surface area (Å²) >= 11 is 8.30. The predicted octanol–water partition coefficient (Wildman–Crippen LogP) is 3.79. The largest absolute Gasteiger partial charge is 0.398 e. The number of anilines is 1. The van der Waals surface area contributed by atoms with Crippen molar-refractivity contribution in [2.24, 2.45) is 0 Å². The zero-order chi connectivity index (χ0) is 13.1. The van der Waals surface area contributed by atoms with Crippen LogP contribution in [0.4, 0.5) is 5.69 Å². The second kappa shape index (κ2) is 5.86. The molecule has 1 amide bonds. The van der Waals surface area contributed by atoms with Gasteiger partial charge in [-0.15, -0.1) is 11.3 Å². The number of rotatable bonds is 3. The minimum atomic E-state index is -0.111. The number of halogens is 2. The summed E-state index contributed by atoms with van der Waals surface area (Å²) < 4.78 is 1.79. The first-order chi connectivity index (χ1) is 8.56. The fraction of sp³-hybridized carbons (Fsp3) is 0.0833. The Labute approximate surface area is 126 Å². The van der Waals surface area contributed by atoms with Crippen molar-refractivity contribution in [1.82, 2.24) is 5.32 Å². The number of nitrogens with two attached hydrogens (primary N) is 1. The second-order valence-corrected chi connectivity index (χ2v) is 7.03. The Bertz CT molecular complexity index is 583. The van der Waals surface area contributed by atoms with Crippen LogP contribution >= 0.6 is 43.2 Å². The first-order valence-corrected chi connectivity index (χ1v) is 7.54. The standard InChI is InChI=1S/C12H10Br2N2OS/c13-9-5-7(1-3-10(9)15)12(17)16-6-8-2-4-11(14)18-8/h1-5H,6,15H2,(H,16,17). The molecule has 3 nitrogen and oxygen atoms in total. The summed E-state index contributed by atoms with van der Waals surface area (Å²) in [6.45, 7) is 0.525. The monoisotopic (exact) mass is 388 g/mol. The minimum absolute atomic E-state index is 0.111. The summed E-state index contributed by atoms with van der Waals surface area (Å²) in [6, 6.07) is 9.08. The van der Waals surface area contributed by atoms with Crippen LogP contribution in [-0.2, 0) is 6.54 Å². The van der Waals surface area contributed by atoms with E-state index in [9.17, 15) is 4.79 Å². The average Bonchev–Trinajstić information content (AvgIpc) is 2.75. The van der Waals surface area contributed by atoms with Crippen LogP contribution in [0.25, 0.3) is 0 Å². The molecule has 0 radical (unpaired) electrons. The van der Waals surface area contributed by atoms with Gasteiger partial charge in [0.15, 0.2) is 0 Å². The summed E-state index contributed by atoms with van der Waals surface area (Å²) in [5, 5.41) is 2.86. The van der Waals surface area contributed by atoms with Crippen LogP contribution in [0, 0.1) is 0 Å². The molecule has 1 aromatic carbocycles. The highest BCUT2D eigenvalue weighted by atomic mass is 79.9. The maximum Gasteiger partial charge on any atom is 0.251 e. The molecule has 0 saturated heterocycles. The van der Waals surface area contributed by atoms with E-state index in [4.69, 9.17) is 5.73 Å². The summed E-state index contributed by atoms with van der Waals surface area (Å²) in [5.41, 5.74) is 6.88. The van der Waals surface area contributed by atoms with Crippen molar-refractivity contribution in [1.29, 1.82) is 0 Å². The van der Waals surface area contributed by atoms with Crippen molar-refractivity contribution in [3.63, 3.8) is 0 Å². The van der Waals surface area contributed by atoms with Crippen molar-refractivity contribution < 1.29 is 4.79 Å². The molecule has 3 N–H and O–H groups in total. The van der Waals surface area contributed by atoms with E-state index >= 15 is 0 Å². The number of nitrogen functional groups attached to an aromatic ring is 1. The molecule has 0 bridgehead atoms. The van der Waals surface area contributed by atoms with Crippen molar-refractivity contribution in [3.05, 3.63) is 49.0 Å². The third-order valence-electron chi connectivity index (χ3n) is 2.31. The molecule has 0 aliphatic heterocycles. The molecular weight excluding hydrogens is 380 g/mol. The van der Waals surface area contributed by atoms with E-state index in [0.29, 0.717) is 17.8 Å². The number of amides is 1. The van der Waals surface area contributed by atoms with Crippen LogP contribution in [0.2, 0.25) is 0 Å². The van der Waals surface area contributed by atoms with Gasteiger partial charge in [0.2, 0.25) is 0 Å². The van der Waals surface area contributed by atoms with E-state index < -0.39 is 0 Å². The Balaban J connectivity index is 2.01. The summed E-state index contributed by atoms with van der Waals surface area (Å²) in [4.78, 5) is 13.0. The van der Waals surface area contributed by atoms with E-state index in [1.54, 1.807) is 29.5 Å². The molecule has 0 aliphatic rings. The van der Waals surface area contributed by atoms with Crippen LogP contribution in [0.3, 0.4) is 0 Å². The highest BCUT2D eigenvalue weighted by Gasteiger charge is 2.07. The van der Waals surface area contributed by atoms with Gasteiger partial charge < -0.3 is 11.1 Å². The fourth-order valence-corrected chi connectivity index (χ4v) is 3.19. The normalized spacial score (nSPS) is 10.3. The van der Waals surface area contributed by atoms with Crippen molar-refractivity contribution in [2.45, 2.75) is 6.54 Å². The minimum Gasteiger partial charge on any atom is -0.398 e. The molecule has 94 valence electrons. The van der Waals surface area contributed by atoms with E-state index in [1.807, 2.05) is 12.1 Å². The third-order valence-corrected chi connectivity index (χ3v) is 4.63. The Morgan fingerprint density at radius 2 is 2.06 bits per heavy atom. The Morgan fingerprint density at radius 3 is 2.67 bits per heavy atom. The molecule has 1 heterocycles. The van der Waals surface area contributed by atoms with E-state index in [-0.39, 0.29) is 5.91 Å². The van der Waals surface area contributed by atoms with Gasteiger partial charge in [-0.05, 0) is 62.2 Å². The lowest BCUT2D eigenvalue weighted by atomic mass is 10.2. The second-order valence-electron chi connectivity index (χ2n) is 3.62. The van der Waals surface area contributed by atoms with Gasteiger partial charge in [0, 0.05) is 20.6 Å². The van der Waals surface area contributed by atoms with Crippen LogP contribution < -0.4 is 11.1 Å². The average molecular weight is 390 g/mol. The summed E-state index contributed by atoms with van der Waals surface area (Å²) in [5.74, 6) is -0.111. The topological polar surface area (TPSA) is 55.1 Å². The summed E-state index contributed by atoms with van der Waals surface area (Å²) in [6.07, 6.45) is 0. The van der Waals surface area contributed by atoms with Gasteiger partial charge in [-0.25, -0.2) is 0 Å². The van der Waals surface area contributed by atoms with Gasteiger partial charge in [-0.1, -0.05) is 0 Å². The van der Waals surface area contributed by atoms with Gasteiger partial charge in [0.25, 0.3) is 5.91 Å². The highest BCUT2D eigenvalue weighted by Crippen LogP contribution is 2.22. The fourth-order valence-electron chi connectivity index (χ4n) is 1.38. The maximum absolute atomic E-state index is 11.9. The maximum atomic E-state index is 11.9. The molecule has 0 spiro atoms. The zero-order valence-electron chi connectivity index (χ0n) is 9.24.